The SMILES string of the molecule is CCc1ccc2nc(N(Cc3ccccn3)C(=O)c3ccc(OC)c(OC)c3)sc2c1. The van der Waals surface area contributed by atoms with Gasteiger partial charge in [0.2, 0.25) is 0 Å². The summed E-state index contributed by atoms with van der Waals surface area (Å²) in [5.41, 5.74) is 3.39. The van der Waals surface area contributed by atoms with Crippen LogP contribution in [-0.2, 0) is 13.0 Å². The quantitative estimate of drug-likeness (QED) is 0.405. The molecule has 158 valence electrons. The molecular formula is C24H23N3O3S. The minimum absolute atomic E-state index is 0.179. The number of carbonyl (C=O) groups is 1. The summed E-state index contributed by atoms with van der Waals surface area (Å²) in [6.07, 6.45) is 2.67. The molecule has 7 heteroatoms. The standard InChI is InChI=1S/C24H23N3O3S/c1-4-16-8-10-19-22(13-16)31-24(26-19)27(15-18-7-5-6-12-25-18)23(28)17-9-11-20(29-2)21(14-17)30-3/h5-14H,4,15H2,1-3H3. The molecular weight excluding hydrogens is 410 g/mol. The number of fused-ring (bicyclic) bond motifs is 1. The lowest BCUT2D eigenvalue weighted by atomic mass is 10.1. The molecule has 2 aromatic carbocycles. The van der Waals surface area contributed by atoms with Crippen LogP contribution in [0, 0.1) is 0 Å². The molecule has 0 fully saturated rings. The number of thiazole rings is 1. The van der Waals surface area contributed by atoms with Crippen LogP contribution in [0.1, 0.15) is 28.5 Å². The average molecular weight is 434 g/mol. The maximum absolute atomic E-state index is 13.6. The van der Waals surface area contributed by atoms with Gasteiger partial charge in [-0.3, -0.25) is 14.7 Å². The topological polar surface area (TPSA) is 64.6 Å². The van der Waals surface area contributed by atoms with E-state index in [1.54, 1.807) is 43.5 Å². The zero-order valence-corrected chi connectivity index (χ0v) is 18.5. The van der Waals surface area contributed by atoms with Gasteiger partial charge in [0.1, 0.15) is 0 Å². The Balaban J connectivity index is 1.76. The zero-order valence-electron chi connectivity index (χ0n) is 17.7. The number of anilines is 1. The molecule has 0 saturated carbocycles. The van der Waals surface area contributed by atoms with E-state index >= 15 is 0 Å². The van der Waals surface area contributed by atoms with E-state index < -0.39 is 0 Å². The number of hydrogen-bond donors (Lipinski definition) is 0. The van der Waals surface area contributed by atoms with E-state index in [-0.39, 0.29) is 5.91 Å². The lowest BCUT2D eigenvalue weighted by Crippen LogP contribution is -2.30. The van der Waals surface area contributed by atoms with Crippen molar-refractivity contribution in [3.63, 3.8) is 0 Å². The number of carbonyl (C=O) groups excluding carboxylic acids is 1. The number of rotatable bonds is 7. The van der Waals surface area contributed by atoms with Gasteiger partial charge in [0.15, 0.2) is 16.6 Å². The molecule has 0 aliphatic heterocycles. The van der Waals surface area contributed by atoms with Crippen molar-refractivity contribution in [1.29, 1.82) is 0 Å². The van der Waals surface area contributed by atoms with Crippen LogP contribution in [0.2, 0.25) is 0 Å². The van der Waals surface area contributed by atoms with E-state index in [2.05, 4.69) is 24.0 Å². The second-order valence-corrected chi connectivity index (χ2v) is 7.94. The van der Waals surface area contributed by atoms with E-state index in [1.807, 2.05) is 24.3 Å². The predicted molar refractivity (Wildman–Crippen MR) is 123 cm³/mol. The summed E-state index contributed by atoms with van der Waals surface area (Å²) < 4.78 is 11.7. The highest BCUT2D eigenvalue weighted by atomic mass is 32.1. The molecule has 0 atom stereocenters. The van der Waals surface area contributed by atoms with Crippen molar-refractivity contribution < 1.29 is 14.3 Å². The third-order valence-corrected chi connectivity index (χ3v) is 6.04. The van der Waals surface area contributed by atoms with Crippen LogP contribution in [0.4, 0.5) is 5.13 Å². The molecule has 4 rings (SSSR count). The molecule has 1 amide bonds. The first-order chi connectivity index (χ1) is 15.1. The van der Waals surface area contributed by atoms with Gasteiger partial charge in [-0.25, -0.2) is 4.98 Å². The molecule has 31 heavy (non-hydrogen) atoms. The lowest BCUT2D eigenvalue weighted by Gasteiger charge is -2.20. The lowest BCUT2D eigenvalue weighted by molar-refractivity contribution is 0.0984. The van der Waals surface area contributed by atoms with Crippen LogP contribution in [0.5, 0.6) is 11.5 Å². The number of aryl methyl sites for hydroxylation is 1. The van der Waals surface area contributed by atoms with Gasteiger partial charge in [-0.1, -0.05) is 30.4 Å². The fourth-order valence-electron chi connectivity index (χ4n) is 3.30. The fraction of sp³-hybridized carbons (Fsp3) is 0.208. The normalized spacial score (nSPS) is 10.8. The van der Waals surface area contributed by atoms with Crippen molar-refractivity contribution in [3.05, 3.63) is 77.6 Å². The number of ether oxygens (including phenoxy) is 2. The van der Waals surface area contributed by atoms with Crippen molar-refractivity contribution in [2.24, 2.45) is 0 Å². The molecule has 0 spiro atoms. The molecule has 6 nitrogen and oxygen atoms in total. The van der Waals surface area contributed by atoms with Gasteiger partial charge in [-0.15, -0.1) is 0 Å². The van der Waals surface area contributed by atoms with Gasteiger partial charge in [-0.05, 0) is 54.4 Å². The van der Waals surface area contributed by atoms with Gasteiger partial charge in [0.25, 0.3) is 5.91 Å². The number of nitrogens with zero attached hydrogens (tertiary/aromatic N) is 3. The van der Waals surface area contributed by atoms with Crippen molar-refractivity contribution in [2.75, 3.05) is 19.1 Å². The number of hydrogen-bond acceptors (Lipinski definition) is 6. The second-order valence-electron chi connectivity index (χ2n) is 6.93. The molecule has 0 unspecified atom stereocenters. The number of benzene rings is 2. The predicted octanol–water partition coefficient (Wildman–Crippen LogP) is 5.12. The maximum Gasteiger partial charge on any atom is 0.260 e. The summed E-state index contributed by atoms with van der Waals surface area (Å²) in [4.78, 5) is 24.4. The summed E-state index contributed by atoms with van der Waals surface area (Å²) in [7, 11) is 3.12. The molecule has 0 aliphatic carbocycles. The van der Waals surface area contributed by atoms with Gasteiger partial charge in [0.05, 0.1) is 36.7 Å². The third-order valence-electron chi connectivity index (χ3n) is 5.00. The molecule has 0 bridgehead atoms. The van der Waals surface area contributed by atoms with Gasteiger partial charge in [-0.2, -0.15) is 0 Å². The monoisotopic (exact) mass is 433 g/mol. The van der Waals surface area contributed by atoms with Gasteiger partial charge in [0, 0.05) is 11.8 Å². The Morgan fingerprint density at radius 3 is 2.58 bits per heavy atom. The van der Waals surface area contributed by atoms with Crippen LogP contribution in [-0.4, -0.2) is 30.1 Å². The van der Waals surface area contributed by atoms with Crippen molar-refractivity contribution >= 4 is 32.6 Å². The van der Waals surface area contributed by atoms with E-state index in [0.29, 0.717) is 28.7 Å². The maximum atomic E-state index is 13.6. The van der Waals surface area contributed by atoms with E-state index in [9.17, 15) is 4.79 Å². The molecule has 4 aromatic rings. The largest absolute Gasteiger partial charge is 0.493 e. The Bertz CT molecular complexity index is 1210. The first-order valence-electron chi connectivity index (χ1n) is 9.96. The first kappa shape index (κ1) is 20.8. The summed E-state index contributed by atoms with van der Waals surface area (Å²) in [5.74, 6) is 0.895. The number of amides is 1. The van der Waals surface area contributed by atoms with Crippen LogP contribution in [0.3, 0.4) is 0 Å². The average Bonchev–Trinajstić information content (AvgIpc) is 3.25. The number of aromatic nitrogens is 2. The molecule has 0 aliphatic rings. The van der Waals surface area contributed by atoms with Crippen LogP contribution in [0.15, 0.2) is 60.8 Å². The molecule has 0 N–H and O–H groups in total. The van der Waals surface area contributed by atoms with Crippen LogP contribution in [0.25, 0.3) is 10.2 Å². The number of methoxy groups -OCH3 is 2. The Kier molecular flexibility index (Phi) is 6.13. The van der Waals surface area contributed by atoms with Crippen molar-refractivity contribution in [3.8, 4) is 11.5 Å². The minimum atomic E-state index is -0.179. The fourth-order valence-corrected chi connectivity index (χ4v) is 4.32. The minimum Gasteiger partial charge on any atom is -0.493 e. The molecule has 0 saturated heterocycles. The Morgan fingerprint density at radius 2 is 1.87 bits per heavy atom. The summed E-state index contributed by atoms with van der Waals surface area (Å²) in [5, 5.41) is 0.633. The molecule has 0 radical (unpaired) electrons. The highest BCUT2D eigenvalue weighted by Crippen LogP contribution is 2.33. The number of pyridine rings is 1. The highest BCUT2D eigenvalue weighted by molar-refractivity contribution is 7.22. The molecule has 2 aromatic heterocycles. The summed E-state index contributed by atoms with van der Waals surface area (Å²) in [6, 6.07) is 17.0. The van der Waals surface area contributed by atoms with Crippen molar-refractivity contribution in [1.82, 2.24) is 9.97 Å². The van der Waals surface area contributed by atoms with Crippen LogP contribution >= 0.6 is 11.3 Å². The van der Waals surface area contributed by atoms with E-state index in [0.717, 1.165) is 22.3 Å². The molecule has 2 heterocycles. The first-order valence-corrected chi connectivity index (χ1v) is 10.8. The van der Waals surface area contributed by atoms with Crippen molar-refractivity contribution in [2.45, 2.75) is 19.9 Å². The Hall–Kier alpha value is -3.45. The smallest absolute Gasteiger partial charge is 0.260 e. The third kappa shape index (κ3) is 4.36. The Morgan fingerprint density at radius 1 is 1.03 bits per heavy atom. The highest BCUT2D eigenvalue weighted by Gasteiger charge is 2.23. The second kappa shape index (κ2) is 9.14. The van der Waals surface area contributed by atoms with Crippen LogP contribution < -0.4 is 14.4 Å². The van der Waals surface area contributed by atoms with E-state index in [4.69, 9.17) is 14.5 Å². The zero-order chi connectivity index (χ0) is 21.8. The van der Waals surface area contributed by atoms with Gasteiger partial charge < -0.3 is 9.47 Å². The van der Waals surface area contributed by atoms with E-state index in [1.165, 1.54) is 16.9 Å². The Labute approximate surface area is 185 Å². The summed E-state index contributed by atoms with van der Waals surface area (Å²) in [6.45, 7) is 2.44. The van der Waals surface area contributed by atoms with Gasteiger partial charge >= 0.3 is 0 Å². The summed E-state index contributed by atoms with van der Waals surface area (Å²) >= 11 is 1.51.